The fourth-order valence-electron chi connectivity index (χ4n) is 2.09. The first-order valence-corrected chi connectivity index (χ1v) is 10.9. The summed E-state index contributed by atoms with van der Waals surface area (Å²) in [4.78, 5) is 4.57. The van der Waals surface area contributed by atoms with Crippen LogP contribution >= 0.6 is 23.1 Å². The topological polar surface area (TPSA) is 82.3 Å². The van der Waals surface area contributed by atoms with Gasteiger partial charge in [-0.05, 0) is 48.5 Å². The summed E-state index contributed by atoms with van der Waals surface area (Å²) in [7, 11) is -3.69. The summed E-state index contributed by atoms with van der Waals surface area (Å²) in [6, 6.07) is 12.2. The zero-order valence-corrected chi connectivity index (χ0v) is 15.9. The highest BCUT2D eigenvalue weighted by Gasteiger charge is 2.08. The van der Waals surface area contributed by atoms with Crippen LogP contribution in [0.25, 0.3) is 11.3 Å². The molecule has 9 heteroatoms. The number of rotatable bonds is 7. The number of nitrogens with zero attached hydrogens (tertiary/aromatic N) is 1. The number of aromatic nitrogens is 1. The highest BCUT2D eigenvalue weighted by atomic mass is 32.2. The predicted molar refractivity (Wildman–Crippen MR) is 102 cm³/mol. The Morgan fingerprint density at radius 1 is 1.12 bits per heavy atom. The Balaban J connectivity index is 1.49. The van der Waals surface area contributed by atoms with E-state index in [2.05, 4.69) is 4.98 Å². The number of ether oxygens (including phenoxy) is 1. The molecule has 2 aromatic carbocycles. The summed E-state index contributed by atoms with van der Waals surface area (Å²) >= 11 is 3.08. The molecule has 0 saturated heterocycles. The number of halogens is 1. The van der Waals surface area contributed by atoms with Crippen LogP contribution in [0.2, 0.25) is 0 Å². The summed E-state index contributed by atoms with van der Waals surface area (Å²) < 4.78 is 41.8. The molecule has 5 nitrogen and oxygen atoms in total. The van der Waals surface area contributed by atoms with Crippen molar-refractivity contribution < 1.29 is 17.5 Å². The van der Waals surface area contributed by atoms with Crippen molar-refractivity contribution in [1.82, 2.24) is 4.98 Å². The van der Waals surface area contributed by atoms with E-state index in [4.69, 9.17) is 9.88 Å². The van der Waals surface area contributed by atoms with Crippen LogP contribution in [-0.2, 0) is 10.0 Å². The van der Waals surface area contributed by atoms with E-state index < -0.39 is 10.0 Å². The number of benzene rings is 2. The van der Waals surface area contributed by atoms with Crippen molar-refractivity contribution in [1.29, 1.82) is 0 Å². The van der Waals surface area contributed by atoms with Gasteiger partial charge in [-0.15, -0.1) is 11.3 Å². The summed E-state index contributed by atoms with van der Waals surface area (Å²) in [5.41, 5.74) is 1.69. The molecule has 0 saturated carbocycles. The summed E-state index contributed by atoms with van der Waals surface area (Å²) in [6.45, 7) is 0.449. The van der Waals surface area contributed by atoms with Crippen molar-refractivity contribution in [2.45, 2.75) is 9.24 Å². The maximum Gasteiger partial charge on any atom is 0.238 e. The van der Waals surface area contributed by atoms with E-state index in [1.807, 2.05) is 5.38 Å². The highest BCUT2D eigenvalue weighted by Crippen LogP contribution is 2.28. The van der Waals surface area contributed by atoms with Crippen LogP contribution < -0.4 is 9.88 Å². The van der Waals surface area contributed by atoms with Crippen LogP contribution in [0.15, 0.2) is 63.1 Å². The predicted octanol–water partition coefficient (Wildman–Crippen LogP) is 3.77. The van der Waals surface area contributed by atoms with Gasteiger partial charge >= 0.3 is 0 Å². The zero-order valence-electron chi connectivity index (χ0n) is 13.5. The Morgan fingerprint density at radius 2 is 1.81 bits per heavy atom. The van der Waals surface area contributed by atoms with E-state index in [1.54, 1.807) is 36.0 Å². The van der Waals surface area contributed by atoms with Crippen molar-refractivity contribution in [3.05, 3.63) is 59.7 Å². The molecular formula is C17H15FN2O3S3. The number of thioether (sulfide) groups is 1. The van der Waals surface area contributed by atoms with Crippen molar-refractivity contribution in [2.75, 3.05) is 12.4 Å². The van der Waals surface area contributed by atoms with Gasteiger partial charge in [-0.25, -0.2) is 22.9 Å². The summed E-state index contributed by atoms with van der Waals surface area (Å²) in [5, 5.41) is 6.98. The standard InChI is InChI=1S/C17H15FN2O3S3/c18-13-3-1-12(2-4-13)16-11-25-17(20-16)24-10-9-23-14-5-7-15(8-6-14)26(19,21)22/h1-8,11H,9-10H2,(H2,19,21,22). The fourth-order valence-corrected chi connectivity index (χ4v) is 4.33. The maximum atomic E-state index is 13.0. The Bertz CT molecular complexity index is 971. The third-order valence-electron chi connectivity index (χ3n) is 3.35. The van der Waals surface area contributed by atoms with Crippen molar-refractivity contribution in [3.63, 3.8) is 0 Å². The molecule has 1 aromatic heterocycles. The summed E-state index contributed by atoms with van der Waals surface area (Å²) in [6.07, 6.45) is 0. The first-order chi connectivity index (χ1) is 12.4. The second-order valence-electron chi connectivity index (χ2n) is 5.22. The lowest BCUT2D eigenvalue weighted by Gasteiger charge is -2.05. The zero-order chi connectivity index (χ0) is 18.6. The first kappa shape index (κ1) is 18.8. The number of nitrogens with two attached hydrogens (primary N) is 1. The van der Waals surface area contributed by atoms with Gasteiger partial charge in [0.2, 0.25) is 10.0 Å². The molecule has 0 atom stereocenters. The minimum atomic E-state index is -3.69. The molecule has 136 valence electrons. The molecule has 3 aromatic rings. The second-order valence-corrected chi connectivity index (χ2v) is 8.98. The Kier molecular flexibility index (Phi) is 5.92. The molecule has 0 unspecified atom stereocenters. The molecule has 0 aliphatic carbocycles. The van der Waals surface area contributed by atoms with E-state index in [9.17, 15) is 12.8 Å². The molecule has 0 aliphatic rings. The van der Waals surface area contributed by atoms with Gasteiger partial charge in [0.1, 0.15) is 11.6 Å². The molecule has 0 bridgehead atoms. The Labute approximate surface area is 159 Å². The average Bonchev–Trinajstić information content (AvgIpc) is 3.08. The molecule has 0 aliphatic heterocycles. The average molecular weight is 411 g/mol. The normalized spacial score (nSPS) is 11.5. The molecule has 0 fully saturated rings. The third kappa shape index (κ3) is 5.04. The first-order valence-electron chi connectivity index (χ1n) is 7.52. The summed E-state index contributed by atoms with van der Waals surface area (Å²) in [5.74, 6) is 0.991. The second kappa shape index (κ2) is 8.17. The lowest BCUT2D eigenvalue weighted by molar-refractivity contribution is 0.343. The van der Waals surface area contributed by atoms with Gasteiger partial charge in [0.05, 0.1) is 17.2 Å². The van der Waals surface area contributed by atoms with E-state index in [1.165, 1.54) is 35.6 Å². The number of sulfonamides is 1. The van der Waals surface area contributed by atoms with E-state index >= 15 is 0 Å². The Morgan fingerprint density at radius 3 is 2.46 bits per heavy atom. The van der Waals surface area contributed by atoms with Crippen molar-refractivity contribution in [2.24, 2.45) is 5.14 Å². The monoisotopic (exact) mass is 410 g/mol. The number of hydrogen-bond acceptors (Lipinski definition) is 6. The largest absolute Gasteiger partial charge is 0.493 e. The molecule has 3 rings (SSSR count). The lowest BCUT2D eigenvalue weighted by atomic mass is 10.2. The van der Waals surface area contributed by atoms with Crippen LogP contribution in [-0.4, -0.2) is 25.8 Å². The van der Waals surface area contributed by atoms with E-state index in [0.717, 1.165) is 15.6 Å². The van der Waals surface area contributed by atoms with Crippen molar-refractivity contribution >= 4 is 33.1 Å². The molecule has 0 radical (unpaired) electrons. The van der Waals surface area contributed by atoms with Crippen LogP contribution in [0, 0.1) is 5.82 Å². The SMILES string of the molecule is NS(=O)(=O)c1ccc(OCCSc2nc(-c3ccc(F)cc3)cs2)cc1. The van der Waals surface area contributed by atoms with Crippen LogP contribution in [0.1, 0.15) is 0 Å². The molecule has 1 heterocycles. The van der Waals surface area contributed by atoms with Crippen molar-refractivity contribution in [3.8, 4) is 17.0 Å². The Hall–Kier alpha value is -1.94. The third-order valence-corrected chi connectivity index (χ3v) is 6.27. The quantitative estimate of drug-likeness (QED) is 0.474. The molecule has 0 spiro atoms. The van der Waals surface area contributed by atoms with Gasteiger partial charge in [0.25, 0.3) is 0 Å². The lowest BCUT2D eigenvalue weighted by Crippen LogP contribution is -2.11. The molecular weight excluding hydrogens is 395 g/mol. The smallest absolute Gasteiger partial charge is 0.238 e. The fraction of sp³-hybridized carbons (Fsp3) is 0.118. The number of primary sulfonamides is 1. The van der Waals surface area contributed by atoms with Crippen LogP contribution in [0.4, 0.5) is 4.39 Å². The number of thiazole rings is 1. The van der Waals surface area contributed by atoms with Gasteiger partial charge < -0.3 is 4.74 Å². The number of hydrogen-bond donors (Lipinski definition) is 1. The maximum absolute atomic E-state index is 13.0. The van der Waals surface area contributed by atoms with Gasteiger partial charge in [0, 0.05) is 16.7 Å². The van der Waals surface area contributed by atoms with Gasteiger partial charge in [-0.1, -0.05) is 11.8 Å². The minimum Gasteiger partial charge on any atom is -0.493 e. The van der Waals surface area contributed by atoms with Gasteiger partial charge in [-0.3, -0.25) is 0 Å². The molecule has 26 heavy (non-hydrogen) atoms. The highest BCUT2D eigenvalue weighted by molar-refractivity contribution is 8.01. The van der Waals surface area contributed by atoms with E-state index in [-0.39, 0.29) is 10.7 Å². The van der Waals surface area contributed by atoms with Gasteiger partial charge in [-0.2, -0.15) is 0 Å². The molecule has 2 N–H and O–H groups in total. The van der Waals surface area contributed by atoms with Gasteiger partial charge in [0.15, 0.2) is 4.34 Å². The van der Waals surface area contributed by atoms with Crippen LogP contribution in [0.5, 0.6) is 5.75 Å². The molecule has 0 amide bonds. The van der Waals surface area contributed by atoms with E-state index in [0.29, 0.717) is 18.1 Å². The minimum absolute atomic E-state index is 0.0512. The van der Waals surface area contributed by atoms with Crippen LogP contribution in [0.3, 0.4) is 0 Å².